The Morgan fingerprint density at radius 1 is 1.33 bits per heavy atom. The van der Waals surface area contributed by atoms with E-state index >= 15 is 0 Å². The molecule has 1 saturated carbocycles. The summed E-state index contributed by atoms with van der Waals surface area (Å²) >= 11 is 6.45. The van der Waals surface area contributed by atoms with E-state index in [1.54, 1.807) is 0 Å². The molecule has 21 heavy (non-hydrogen) atoms. The van der Waals surface area contributed by atoms with Gasteiger partial charge in [-0.25, -0.2) is 0 Å². The van der Waals surface area contributed by atoms with E-state index in [-0.39, 0.29) is 5.54 Å². The molecule has 0 spiro atoms. The normalized spacial score (nSPS) is 18.4. The minimum Gasteiger partial charge on any atom is -0.312 e. The average molecular weight is 312 g/mol. The van der Waals surface area contributed by atoms with E-state index in [4.69, 9.17) is 11.6 Å². The third-order valence-electron chi connectivity index (χ3n) is 4.68. The SMILES string of the molecule is Cc1nn(C)c(CC(CNC(C)(C)C)C2CCCC2)c1Cl. The van der Waals surface area contributed by atoms with Gasteiger partial charge >= 0.3 is 0 Å². The number of hydrogen-bond donors (Lipinski definition) is 1. The van der Waals surface area contributed by atoms with Crippen molar-refractivity contribution in [3.8, 4) is 0 Å². The molecule has 0 bridgehead atoms. The van der Waals surface area contributed by atoms with Crippen molar-refractivity contribution in [2.45, 2.75) is 65.3 Å². The summed E-state index contributed by atoms with van der Waals surface area (Å²) < 4.78 is 1.97. The largest absolute Gasteiger partial charge is 0.312 e. The summed E-state index contributed by atoms with van der Waals surface area (Å²) in [6.07, 6.45) is 6.53. The van der Waals surface area contributed by atoms with Crippen molar-refractivity contribution in [1.29, 1.82) is 0 Å². The number of halogens is 1. The second-order valence-corrected chi connectivity index (χ2v) is 7.99. The number of nitrogens with one attached hydrogen (secondary N) is 1. The van der Waals surface area contributed by atoms with Crippen LogP contribution in [-0.4, -0.2) is 21.9 Å². The van der Waals surface area contributed by atoms with E-state index in [9.17, 15) is 0 Å². The van der Waals surface area contributed by atoms with Gasteiger partial charge in [-0.3, -0.25) is 4.68 Å². The van der Waals surface area contributed by atoms with Crippen LogP contribution in [0, 0.1) is 18.8 Å². The second kappa shape index (κ2) is 6.70. The van der Waals surface area contributed by atoms with Gasteiger partial charge in [0, 0.05) is 12.6 Å². The maximum atomic E-state index is 6.45. The van der Waals surface area contributed by atoms with Crippen molar-refractivity contribution in [2.75, 3.05) is 6.54 Å². The predicted molar refractivity (Wildman–Crippen MR) is 89.9 cm³/mol. The summed E-state index contributed by atoms with van der Waals surface area (Å²) in [4.78, 5) is 0. The minimum atomic E-state index is 0.170. The summed E-state index contributed by atoms with van der Waals surface area (Å²) in [6, 6.07) is 0. The van der Waals surface area contributed by atoms with Crippen LogP contribution in [0.4, 0.5) is 0 Å². The van der Waals surface area contributed by atoms with Crippen LogP contribution in [0.25, 0.3) is 0 Å². The van der Waals surface area contributed by atoms with Crippen LogP contribution in [0.15, 0.2) is 0 Å². The predicted octanol–water partition coefficient (Wildman–Crippen LogP) is 4.12. The van der Waals surface area contributed by atoms with Crippen molar-refractivity contribution in [2.24, 2.45) is 18.9 Å². The lowest BCUT2D eigenvalue weighted by Gasteiger charge is -2.29. The molecule has 0 radical (unpaired) electrons. The Hall–Kier alpha value is -0.540. The maximum Gasteiger partial charge on any atom is 0.0847 e. The van der Waals surface area contributed by atoms with E-state index in [1.807, 2.05) is 18.7 Å². The zero-order valence-electron chi connectivity index (χ0n) is 14.2. The molecule has 0 aromatic carbocycles. The highest BCUT2D eigenvalue weighted by Gasteiger charge is 2.28. The van der Waals surface area contributed by atoms with Gasteiger partial charge in [0.05, 0.1) is 16.4 Å². The van der Waals surface area contributed by atoms with E-state index in [1.165, 1.54) is 31.4 Å². The van der Waals surface area contributed by atoms with Gasteiger partial charge in [0.1, 0.15) is 0 Å². The van der Waals surface area contributed by atoms with Crippen LogP contribution in [0.3, 0.4) is 0 Å². The van der Waals surface area contributed by atoms with Crippen LogP contribution in [0.5, 0.6) is 0 Å². The van der Waals surface area contributed by atoms with Gasteiger partial charge in [-0.05, 0) is 52.5 Å². The summed E-state index contributed by atoms with van der Waals surface area (Å²) in [6.45, 7) is 9.76. The Labute approximate surface area is 134 Å². The molecule has 3 nitrogen and oxygen atoms in total. The molecular formula is C17H30ClN3. The zero-order chi connectivity index (χ0) is 15.6. The average Bonchev–Trinajstić information content (AvgIpc) is 2.97. The van der Waals surface area contributed by atoms with E-state index in [0.717, 1.165) is 29.6 Å². The molecule has 0 amide bonds. The van der Waals surface area contributed by atoms with E-state index in [0.29, 0.717) is 5.92 Å². The maximum absolute atomic E-state index is 6.45. The lowest BCUT2D eigenvalue weighted by atomic mass is 9.86. The summed E-state index contributed by atoms with van der Waals surface area (Å²) in [5.74, 6) is 1.48. The van der Waals surface area contributed by atoms with Gasteiger partial charge in [0.25, 0.3) is 0 Å². The molecule has 1 fully saturated rings. The molecule has 0 aliphatic heterocycles. The molecular weight excluding hydrogens is 282 g/mol. The van der Waals surface area contributed by atoms with Crippen LogP contribution in [0.2, 0.25) is 5.02 Å². The topological polar surface area (TPSA) is 29.9 Å². The smallest absolute Gasteiger partial charge is 0.0847 e. The lowest BCUT2D eigenvalue weighted by molar-refractivity contribution is 0.283. The fourth-order valence-electron chi connectivity index (χ4n) is 3.42. The molecule has 1 N–H and O–H groups in total. The standard InChI is InChI=1S/C17H30ClN3/c1-12-16(18)15(21(5)20-12)10-14(11-19-17(2,3)4)13-8-6-7-9-13/h13-14,19H,6-11H2,1-5H3. The quantitative estimate of drug-likeness (QED) is 0.886. The van der Waals surface area contributed by atoms with Crippen LogP contribution in [-0.2, 0) is 13.5 Å². The molecule has 1 unspecified atom stereocenters. The van der Waals surface area contributed by atoms with E-state index in [2.05, 4.69) is 31.2 Å². The van der Waals surface area contributed by atoms with Crippen molar-refractivity contribution < 1.29 is 0 Å². The first-order valence-corrected chi connectivity index (χ1v) is 8.58. The van der Waals surface area contributed by atoms with Crippen molar-refractivity contribution in [3.05, 3.63) is 16.4 Å². The molecule has 0 saturated heterocycles. The highest BCUT2D eigenvalue weighted by atomic mass is 35.5. The van der Waals surface area contributed by atoms with Gasteiger partial charge < -0.3 is 5.32 Å². The van der Waals surface area contributed by atoms with Crippen molar-refractivity contribution in [1.82, 2.24) is 15.1 Å². The molecule has 120 valence electrons. The highest BCUT2D eigenvalue weighted by molar-refractivity contribution is 6.31. The van der Waals surface area contributed by atoms with E-state index < -0.39 is 0 Å². The molecule has 1 aromatic heterocycles. The highest BCUT2D eigenvalue weighted by Crippen LogP contribution is 2.34. The Morgan fingerprint density at radius 2 is 1.95 bits per heavy atom. The number of rotatable bonds is 5. The Balaban J connectivity index is 2.11. The summed E-state index contributed by atoms with van der Waals surface area (Å²) in [5.41, 5.74) is 2.31. The Bertz CT molecular complexity index is 467. The third-order valence-corrected chi connectivity index (χ3v) is 5.17. The number of hydrogen-bond acceptors (Lipinski definition) is 2. The van der Waals surface area contributed by atoms with Crippen molar-refractivity contribution in [3.63, 3.8) is 0 Å². The Kier molecular flexibility index (Phi) is 5.37. The molecule has 1 aromatic rings. The number of aromatic nitrogens is 2. The number of nitrogens with zero attached hydrogens (tertiary/aromatic N) is 2. The first kappa shape index (κ1) is 16.8. The van der Waals surface area contributed by atoms with Crippen LogP contribution in [0.1, 0.15) is 57.8 Å². The fourth-order valence-corrected chi connectivity index (χ4v) is 3.66. The molecule has 2 rings (SSSR count). The first-order valence-electron chi connectivity index (χ1n) is 8.21. The Morgan fingerprint density at radius 3 is 2.43 bits per heavy atom. The van der Waals surface area contributed by atoms with Gasteiger partial charge in [-0.1, -0.05) is 37.3 Å². The van der Waals surface area contributed by atoms with Crippen LogP contribution >= 0.6 is 11.6 Å². The monoisotopic (exact) mass is 311 g/mol. The fraction of sp³-hybridized carbons (Fsp3) is 0.824. The molecule has 1 atom stereocenters. The molecule has 4 heteroatoms. The zero-order valence-corrected chi connectivity index (χ0v) is 14.9. The third kappa shape index (κ3) is 4.46. The van der Waals surface area contributed by atoms with Crippen LogP contribution < -0.4 is 5.32 Å². The van der Waals surface area contributed by atoms with Crippen molar-refractivity contribution >= 4 is 11.6 Å². The van der Waals surface area contributed by atoms with Gasteiger partial charge in [-0.2, -0.15) is 5.10 Å². The number of aryl methyl sites for hydroxylation is 2. The second-order valence-electron chi connectivity index (χ2n) is 7.61. The summed E-state index contributed by atoms with van der Waals surface area (Å²) in [7, 11) is 2.01. The molecule has 1 aliphatic rings. The summed E-state index contributed by atoms with van der Waals surface area (Å²) in [5, 5.41) is 9.01. The lowest BCUT2D eigenvalue weighted by Crippen LogP contribution is -2.41. The molecule has 1 aliphatic carbocycles. The van der Waals surface area contributed by atoms with Gasteiger partial charge in [-0.15, -0.1) is 0 Å². The van der Waals surface area contributed by atoms with Gasteiger partial charge in [0.15, 0.2) is 0 Å². The van der Waals surface area contributed by atoms with Gasteiger partial charge in [0.2, 0.25) is 0 Å². The first-order chi connectivity index (χ1) is 9.78. The molecule has 1 heterocycles. The minimum absolute atomic E-state index is 0.170.